The van der Waals surface area contributed by atoms with Gasteiger partial charge in [0.1, 0.15) is 6.04 Å². The normalized spacial score (nSPS) is 31.0. The number of nitrogens with two attached hydrogens (primary N) is 1. The molecule has 2 bridgehead atoms. The van der Waals surface area contributed by atoms with Crippen molar-refractivity contribution >= 4 is 17.8 Å². The molecule has 7 heteroatoms. The average Bonchev–Trinajstić information content (AvgIpc) is 2.88. The second-order valence-electron chi connectivity index (χ2n) is 4.96. The third kappa shape index (κ3) is 2.61. The monoisotopic (exact) mass is 255 g/mol. The van der Waals surface area contributed by atoms with Crippen molar-refractivity contribution in [2.75, 3.05) is 0 Å². The molecular formula is C11H17N3O4. The van der Waals surface area contributed by atoms with Crippen molar-refractivity contribution < 1.29 is 19.5 Å². The smallest absolute Gasteiger partial charge is 0.326 e. The first kappa shape index (κ1) is 12.8. The zero-order chi connectivity index (χ0) is 13.3. The molecule has 0 aromatic carbocycles. The molecule has 5 N–H and O–H groups in total. The first-order valence-corrected chi connectivity index (χ1v) is 6.05. The van der Waals surface area contributed by atoms with Crippen LogP contribution in [0.3, 0.4) is 0 Å². The SMILES string of the molecule is NC(=O)C[C@H](NC(=O)C1CC2CCC1N2)C(=O)O. The lowest BCUT2D eigenvalue weighted by molar-refractivity contribution is -0.144. The third-order valence-corrected chi connectivity index (χ3v) is 3.66. The van der Waals surface area contributed by atoms with E-state index < -0.39 is 17.9 Å². The summed E-state index contributed by atoms with van der Waals surface area (Å²) in [5.74, 6) is -2.48. The van der Waals surface area contributed by atoms with Crippen molar-refractivity contribution in [2.24, 2.45) is 11.7 Å². The van der Waals surface area contributed by atoms with Crippen LogP contribution >= 0.6 is 0 Å². The number of carbonyl (C=O) groups is 3. The number of carbonyl (C=O) groups excluding carboxylic acids is 2. The molecule has 2 aliphatic heterocycles. The van der Waals surface area contributed by atoms with Gasteiger partial charge in [-0.2, -0.15) is 0 Å². The van der Waals surface area contributed by atoms with E-state index in [0.29, 0.717) is 6.04 Å². The quantitative estimate of drug-likeness (QED) is 0.480. The van der Waals surface area contributed by atoms with Crippen molar-refractivity contribution in [3.63, 3.8) is 0 Å². The van der Waals surface area contributed by atoms with Crippen LogP contribution in [0.15, 0.2) is 0 Å². The molecule has 0 spiro atoms. The predicted molar refractivity (Wildman–Crippen MR) is 61.4 cm³/mol. The topological polar surface area (TPSA) is 122 Å². The fourth-order valence-corrected chi connectivity index (χ4v) is 2.79. The van der Waals surface area contributed by atoms with Crippen LogP contribution in [0, 0.1) is 5.92 Å². The molecule has 0 saturated carbocycles. The number of carboxylic acid groups (broad SMARTS) is 1. The van der Waals surface area contributed by atoms with Gasteiger partial charge < -0.3 is 21.5 Å². The van der Waals surface area contributed by atoms with Crippen molar-refractivity contribution in [3.05, 3.63) is 0 Å². The van der Waals surface area contributed by atoms with Crippen LogP contribution in [0.25, 0.3) is 0 Å². The molecule has 0 aliphatic carbocycles. The van der Waals surface area contributed by atoms with Crippen molar-refractivity contribution in [2.45, 2.75) is 43.8 Å². The molecule has 3 unspecified atom stereocenters. The minimum atomic E-state index is -1.24. The molecule has 0 aromatic rings. The number of nitrogens with one attached hydrogen (secondary N) is 2. The van der Waals surface area contributed by atoms with Gasteiger partial charge in [-0.3, -0.25) is 9.59 Å². The second kappa shape index (κ2) is 4.93. The van der Waals surface area contributed by atoms with Crippen LogP contribution in [0.5, 0.6) is 0 Å². The number of aliphatic carboxylic acids is 1. The molecule has 2 saturated heterocycles. The Bertz CT molecular complexity index is 384. The third-order valence-electron chi connectivity index (χ3n) is 3.66. The van der Waals surface area contributed by atoms with Gasteiger partial charge in [0, 0.05) is 12.1 Å². The summed E-state index contributed by atoms with van der Waals surface area (Å²) in [6.07, 6.45) is 2.36. The summed E-state index contributed by atoms with van der Waals surface area (Å²) in [4.78, 5) is 33.6. The Balaban J connectivity index is 1.92. The van der Waals surface area contributed by atoms with Crippen LogP contribution in [0.4, 0.5) is 0 Å². The number of fused-ring (bicyclic) bond motifs is 2. The van der Waals surface area contributed by atoms with Gasteiger partial charge in [0.15, 0.2) is 0 Å². The summed E-state index contributed by atoms with van der Waals surface area (Å²) in [6, 6.07) is -0.725. The maximum absolute atomic E-state index is 12.0. The van der Waals surface area contributed by atoms with E-state index in [1.807, 2.05) is 0 Å². The minimum Gasteiger partial charge on any atom is -0.480 e. The highest BCUT2D eigenvalue weighted by atomic mass is 16.4. The van der Waals surface area contributed by atoms with Crippen LogP contribution in [0.2, 0.25) is 0 Å². The van der Waals surface area contributed by atoms with Gasteiger partial charge in [0.25, 0.3) is 0 Å². The zero-order valence-electron chi connectivity index (χ0n) is 9.89. The van der Waals surface area contributed by atoms with Gasteiger partial charge in [0.2, 0.25) is 11.8 Å². The molecule has 2 amide bonds. The number of rotatable bonds is 5. The largest absolute Gasteiger partial charge is 0.480 e. The Kier molecular flexibility index (Phi) is 3.51. The zero-order valence-corrected chi connectivity index (χ0v) is 9.89. The second-order valence-corrected chi connectivity index (χ2v) is 4.96. The van der Waals surface area contributed by atoms with E-state index in [9.17, 15) is 14.4 Å². The molecule has 2 fully saturated rings. The molecule has 0 radical (unpaired) electrons. The lowest BCUT2D eigenvalue weighted by Crippen LogP contribution is -2.47. The average molecular weight is 255 g/mol. The van der Waals surface area contributed by atoms with E-state index in [2.05, 4.69) is 10.6 Å². The van der Waals surface area contributed by atoms with Crippen LogP contribution in [-0.2, 0) is 14.4 Å². The van der Waals surface area contributed by atoms with Gasteiger partial charge in [-0.15, -0.1) is 0 Å². The van der Waals surface area contributed by atoms with E-state index in [1.54, 1.807) is 0 Å². The Morgan fingerprint density at radius 3 is 2.56 bits per heavy atom. The summed E-state index contributed by atoms with van der Waals surface area (Å²) in [5.41, 5.74) is 4.95. The van der Waals surface area contributed by atoms with Crippen LogP contribution in [0.1, 0.15) is 25.7 Å². The molecular weight excluding hydrogens is 238 g/mol. The number of carboxylic acids is 1. The number of primary amides is 1. The summed E-state index contributed by atoms with van der Waals surface area (Å²) >= 11 is 0. The number of hydrogen-bond acceptors (Lipinski definition) is 4. The minimum absolute atomic E-state index is 0.137. The Labute approximate surface area is 104 Å². The summed E-state index contributed by atoms with van der Waals surface area (Å²) in [7, 11) is 0. The van der Waals surface area contributed by atoms with Crippen LogP contribution < -0.4 is 16.4 Å². The Morgan fingerprint density at radius 1 is 1.39 bits per heavy atom. The Hall–Kier alpha value is -1.63. The number of hydrogen-bond donors (Lipinski definition) is 4. The van der Waals surface area contributed by atoms with Gasteiger partial charge in [-0.25, -0.2) is 4.79 Å². The standard InChI is InChI=1S/C11H17N3O4/c12-9(15)4-8(11(17)18)14-10(16)6-3-5-1-2-7(6)13-5/h5-8,13H,1-4H2,(H2,12,15)(H,14,16)(H,17,18)/t5?,6?,7?,8-/m0/s1. The highest BCUT2D eigenvalue weighted by Gasteiger charge is 2.43. The van der Waals surface area contributed by atoms with Crippen LogP contribution in [-0.4, -0.2) is 41.0 Å². The predicted octanol–water partition coefficient (Wildman–Crippen LogP) is -1.43. The highest BCUT2D eigenvalue weighted by molar-refractivity contribution is 5.89. The van der Waals surface area contributed by atoms with E-state index >= 15 is 0 Å². The van der Waals surface area contributed by atoms with E-state index in [-0.39, 0.29) is 24.3 Å². The van der Waals surface area contributed by atoms with Crippen molar-refractivity contribution in [3.8, 4) is 0 Å². The van der Waals surface area contributed by atoms with Gasteiger partial charge >= 0.3 is 5.97 Å². The van der Waals surface area contributed by atoms with Gasteiger partial charge in [-0.05, 0) is 19.3 Å². The van der Waals surface area contributed by atoms with E-state index in [1.165, 1.54) is 0 Å². The maximum atomic E-state index is 12.0. The molecule has 7 nitrogen and oxygen atoms in total. The van der Waals surface area contributed by atoms with Gasteiger partial charge in [0.05, 0.1) is 12.3 Å². The highest BCUT2D eigenvalue weighted by Crippen LogP contribution is 2.33. The van der Waals surface area contributed by atoms with E-state index in [0.717, 1.165) is 19.3 Å². The van der Waals surface area contributed by atoms with Gasteiger partial charge in [-0.1, -0.05) is 0 Å². The number of amides is 2. The lowest BCUT2D eigenvalue weighted by atomic mass is 9.88. The van der Waals surface area contributed by atoms with Crippen molar-refractivity contribution in [1.82, 2.24) is 10.6 Å². The lowest BCUT2D eigenvalue weighted by Gasteiger charge is -2.21. The molecule has 0 aromatic heterocycles. The maximum Gasteiger partial charge on any atom is 0.326 e. The fraction of sp³-hybridized carbons (Fsp3) is 0.727. The summed E-state index contributed by atoms with van der Waals surface area (Å²) in [5, 5.41) is 14.6. The summed E-state index contributed by atoms with van der Waals surface area (Å²) in [6.45, 7) is 0. The molecule has 100 valence electrons. The molecule has 4 atom stereocenters. The molecule has 2 rings (SSSR count). The fourth-order valence-electron chi connectivity index (χ4n) is 2.79. The molecule has 2 heterocycles. The molecule has 2 aliphatic rings. The molecule has 18 heavy (non-hydrogen) atoms. The Morgan fingerprint density at radius 2 is 2.11 bits per heavy atom. The van der Waals surface area contributed by atoms with E-state index in [4.69, 9.17) is 10.8 Å². The summed E-state index contributed by atoms with van der Waals surface area (Å²) < 4.78 is 0. The van der Waals surface area contributed by atoms with Crippen molar-refractivity contribution in [1.29, 1.82) is 0 Å². The first-order chi connectivity index (χ1) is 8.47. The first-order valence-electron chi connectivity index (χ1n) is 6.05.